The molecule has 1 aromatic rings. The largest absolute Gasteiger partial charge is 0.348 e. The molecule has 0 saturated carbocycles. The van der Waals surface area contributed by atoms with Gasteiger partial charge in [-0.05, 0) is 38.4 Å². The highest BCUT2D eigenvalue weighted by Crippen LogP contribution is 2.28. The van der Waals surface area contributed by atoms with Crippen molar-refractivity contribution in [2.24, 2.45) is 0 Å². The van der Waals surface area contributed by atoms with E-state index in [1.54, 1.807) is 0 Å². The number of hydrogen-bond donors (Lipinski definition) is 2. The highest BCUT2D eigenvalue weighted by Gasteiger charge is 2.27. The van der Waals surface area contributed by atoms with Crippen molar-refractivity contribution in [2.75, 3.05) is 6.54 Å². The van der Waals surface area contributed by atoms with Gasteiger partial charge in [-0.3, -0.25) is 14.9 Å². The Bertz CT molecular complexity index is 539. The molecule has 21 heavy (non-hydrogen) atoms. The van der Waals surface area contributed by atoms with E-state index in [0.29, 0.717) is 0 Å². The molecule has 2 N–H and O–H groups in total. The smallest absolute Gasteiger partial charge is 0.300 e. The number of benzene rings is 1. The van der Waals surface area contributed by atoms with Crippen molar-refractivity contribution in [3.63, 3.8) is 0 Å². The van der Waals surface area contributed by atoms with Gasteiger partial charge >= 0.3 is 5.69 Å². The Morgan fingerprint density at radius 3 is 2.86 bits per heavy atom. The van der Waals surface area contributed by atoms with Crippen LogP contribution in [-0.2, 0) is 0 Å². The molecule has 0 spiro atoms. The van der Waals surface area contributed by atoms with E-state index >= 15 is 0 Å². The van der Waals surface area contributed by atoms with Crippen molar-refractivity contribution in [1.29, 1.82) is 0 Å². The molecule has 1 aliphatic heterocycles. The van der Waals surface area contributed by atoms with Crippen LogP contribution in [0, 0.1) is 10.1 Å². The van der Waals surface area contributed by atoms with E-state index < -0.39 is 10.8 Å². The lowest BCUT2D eigenvalue weighted by Crippen LogP contribution is -2.51. The molecule has 6 nitrogen and oxygen atoms in total. The third-order valence-corrected chi connectivity index (χ3v) is 3.80. The lowest BCUT2D eigenvalue weighted by Gasteiger charge is -2.30. The second-order valence-corrected chi connectivity index (χ2v) is 5.27. The fraction of sp³-hybridized carbons (Fsp3) is 0.462. The van der Waals surface area contributed by atoms with Crippen LogP contribution < -0.4 is 10.6 Å². The molecule has 0 aromatic heterocycles. The summed E-state index contributed by atoms with van der Waals surface area (Å²) >= 11 is 5.81. The van der Waals surface area contributed by atoms with Gasteiger partial charge < -0.3 is 10.6 Å². The van der Waals surface area contributed by atoms with Crippen molar-refractivity contribution in [2.45, 2.75) is 31.8 Å². The van der Waals surface area contributed by atoms with Crippen molar-refractivity contribution in [3.8, 4) is 0 Å². The summed E-state index contributed by atoms with van der Waals surface area (Å²) in [4.78, 5) is 22.6. The number of nitro benzene ring substituents is 1. The number of nitrogens with zero attached hydrogens (tertiary/aromatic N) is 1. The van der Waals surface area contributed by atoms with Gasteiger partial charge in [0.15, 0.2) is 0 Å². The molecule has 0 bridgehead atoms. The molecule has 1 saturated heterocycles. The molecule has 116 valence electrons. The lowest BCUT2D eigenvalue weighted by atomic mass is 9.99. The Labute approximate surface area is 133 Å². The normalized spacial score (nSPS) is 21.2. The molecule has 1 heterocycles. The maximum atomic E-state index is 12.2. The van der Waals surface area contributed by atoms with Crippen molar-refractivity contribution in [3.05, 3.63) is 38.9 Å². The number of rotatable bonds is 3. The fourth-order valence-electron chi connectivity index (χ4n) is 2.37. The average Bonchev–Trinajstić information content (AvgIpc) is 2.40. The number of hydrogen-bond acceptors (Lipinski definition) is 4. The summed E-state index contributed by atoms with van der Waals surface area (Å²) in [6.45, 7) is 2.90. The summed E-state index contributed by atoms with van der Waals surface area (Å²) < 4.78 is 0. The Morgan fingerprint density at radius 1 is 1.52 bits per heavy atom. The third-order valence-electron chi connectivity index (χ3n) is 3.49. The molecule has 2 atom stereocenters. The number of para-hydroxylation sites is 1. The maximum absolute atomic E-state index is 12.2. The second-order valence-electron chi connectivity index (χ2n) is 4.86. The number of amides is 1. The minimum Gasteiger partial charge on any atom is -0.348 e. The maximum Gasteiger partial charge on any atom is 0.300 e. The van der Waals surface area contributed by atoms with E-state index in [0.717, 1.165) is 19.4 Å². The van der Waals surface area contributed by atoms with Gasteiger partial charge in [0.25, 0.3) is 5.91 Å². The van der Waals surface area contributed by atoms with E-state index in [2.05, 4.69) is 10.6 Å². The van der Waals surface area contributed by atoms with Gasteiger partial charge in [0.2, 0.25) is 0 Å². The fourth-order valence-corrected chi connectivity index (χ4v) is 2.61. The summed E-state index contributed by atoms with van der Waals surface area (Å²) in [6.07, 6.45) is 1.82. The van der Waals surface area contributed by atoms with Crippen molar-refractivity contribution >= 4 is 35.6 Å². The van der Waals surface area contributed by atoms with Gasteiger partial charge in [0.1, 0.15) is 10.6 Å². The monoisotopic (exact) mass is 333 g/mol. The van der Waals surface area contributed by atoms with Crippen molar-refractivity contribution in [1.82, 2.24) is 10.6 Å². The highest BCUT2D eigenvalue weighted by atomic mass is 35.5. The average molecular weight is 334 g/mol. The summed E-state index contributed by atoms with van der Waals surface area (Å²) in [5.41, 5.74) is -0.344. The van der Waals surface area contributed by atoms with Gasteiger partial charge in [-0.1, -0.05) is 17.7 Å². The SMILES string of the molecule is CC1NCCCC1NC(=O)c1cccc(Cl)c1[N+](=O)[O-].Cl. The Morgan fingerprint density at radius 2 is 2.24 bits per heavy atom. The molecular weight excluding hydrogens is 317 g/mol. The van der Waals surface area contributed by atoms with Crippen LogP contribution in [0.2, 0.25) is 5.02 Å². The van der Waals surface area contributed by atoms with E-state index in [1.807, 2.05) is 6.92 Å². The van der Waals surface area contributed by atoms with Gasteiger partial charge in [0, 0.05) is 12.1 Å². The van der Waals surface area contributed by atoms with Gasteiger partial charge in [0.05, 0.1) is 4.92 Å². The zero-order valence-electron chi connectivity index (χ0n) is 11.5. The number of carbonyl (C=O) groups excluding carboxylic acids is 1. The van der Waals surface area contributed by atoms with Crippen molar-refractivity contribution < 1.29 is 9.72 Å². The Balaban J connectivity index is 0.00000220. The van der Waals surface area contributed by atoms with Crippen LogP contribution in [0.1, 0.15) is 30.1 Å². The van der Waals surface area contributed by atoms with Crippen LogP contribution in [0.4, 0.5) is 5.69 Å². The van der Waals surface area contributed by atoms with Crippen LogP contribution in [0.15, 0.2) is 18.2 Å². The topological polar surface area (TPSA) is 84.3 Å². The molecule has 1 amide bonds. The second kappa shape index (κ2) is 7.59. The standard InChI is InChI=1S/C13H16ClN3O3.ClH/c1-8-11(6-3-7-15-8)16-13(18)9-4-2-5-10(14)12(9)17(19)20;/h2,4-5,8,11,15H,3,6-7H2,1H3,(H,16,18);1H. The molecular formula is C13H17Cl2N3O3. The Hall–Kier alpha value is -1.37. The first kappa shape index (κ1) is 17.7. The molecule has 2 unspecified atom stereocenters. The first-order valence-electron chi connectivity index (χ1n) is 6.48. The third kappa shape index (κ3) is 4.06. The molecule has 0 aliphatic carbocycles. The zero-order chi connectivity index (χ0) is 14.7. The van der Waals surface area contributed by atoms with Crippen LogP contribution in [0.3, 0.4) is 0 Å². The number of nitro groups is 1. The summed E-state index contributed by atoms with van der Waals surface area (Å²) in [6, 6.07) is 4.47. The predicted octanol–water partition coefficient (Wildman–Crippen LogP) is 2.54. The quantitative estimate of drug-likeness (QED) is 0.657. The molecule has 0 radical (unpaired) electrons. The highest BCUT2D eigenvalue weighted by molar-refractivity contribution is 6.33. The van der Waals surface area contributed by atoms with Crippen LogP contribution in [0.5, 0.6) is 0 Å². The first-order valence-corrected chi connectivity index (χ1v) is 6.85. The lowest BCUT2D eigenvalue weighted by molar-refractivity contribution is -0.385. The molecule has 1 aliphatic rings. The predicted molar refractivity (Wildman–Crippen MR) is 83.3 cm³/mol. The summed E-state index contributed by atoms with van der Waals surface area (Å²) in [5.74, 6) is -0.459. The van der Waals surface area contributed by atoms with E-state index in [1.165, 1.54) is 18.2 Å². The van der Waals surface area contributed by atoms with Gasteiger partial charge in [-0.2, -0.15) is 0 Å². The minimum absolute atomic E-state index is 0. The molecule has 8 heteroatoms. The van der Waals surface area contributed by atoms with Crippen LogP contribution in [0.25, 0.3) is 0 Å². The van der Waals surface area contributed by atoms with E-state index in [4.69, 9.17) is 11.6 Å². The number of piperidine rings is 1. The van der Waals surface area contributed by atoms with Gasteiger partial charge in [-0.15, -0.1) is 12.4 Å². The van der Waals surface area contributed by atoms with Crippen LogP contribution >= 0.6 is 24.0 Å². The molecule has 2 rings (SSSR count). The van der Waals surface area contributed by atoms with Crippen LogP contribution in [-0.4, -0.2) is 29.5 Å². The molecule has 1 fully saturated rings. The summed E-state index contributed by atoms with van der Waals surface area (Å²) in [5, 5.41) is 17.1. The minimum atomic E-state index is -0.625. The van der Waals surface area contributed by atoms with E-state index in [-0.39, 0.29) is 40.8 Å². The Kier molecular flexibility index (Phi) is 6.39. The number of carbonyl (C=O) groups is 1. The summed E-state index contributed by atoms with van der Waals surface area (Å²) in [7, 11) is 0. The molecule has 1 aromatic carbocycles. The van der Waals surface area contributed by atoms with E-state index in [9.17, 15) is 14.9 Å². The zero-order valence-corrected chi connectivity index (χ0v) is 13.0. The number of nitrogens with one attached hydrogen (secondary N) is 2. The van der Waals surface area contributed by atoms with Gasteiger partial charge in [-0.25, -0.2) is 0 Å². The first-order chi connectivity index (χ1) is 9.50. The number of halogens is 2.